The van der Waals surface area contributed by atoms with Gasteiger partial charge in [-0.05, 0) is 23.3 Å². The first-order valence-electron chi connectivity index (χ1n) is 9.10. The lowest BCUT2D eigenvalue weighted by Gasteiger charge is -2.24. The Morgan fingerprint density at radius 3 is 2.15 bits per heavy atom. The van der Waals surface area contributed by atoms with Crippen LogP contribution in [0.15, 0.2) is 89.9 Å². The first-order valence-corrected chi connectivity index (χ1v) is 10.3. The van der Waals surface area contributed by atoms with Gasteiger partial charge in [0.2, 0.25) is 6.34 Å². The minimum atomic E-state index is 0.0645. The molecule has 0 spiro atoms. The number of anilines is 1. The van der Waals surface area contributed by atoms with Crippen molar-refractivity contribution in [2.75, 3.05) is 10.6 Å². The normalized spacial score (nSPS) is 20.6. The highest BCUT2D eigenvalue weighted by molar-refractivity contribution is 8.00. The number of aliphatic imine (C=N–C) groups is 1. The van der Waals surface area contributed by atoms with Crippen molar-refractivity contribution in [1.29, 1.82) is 0 Å². The molecule has 3 aromatic carbocycles. The van der Waals surface area contributed by atoms with E-state index in [0.717, 1.165) is 5.84 Å². The maximum Gasteiger partial charge on any atom is 0.269 e. The number of hydrogen-bond donors (Lipinski definition) is 0. The van der Waals surface area contributed by atoms with Crippen LogP contribution in [-0.4, -0.2) is 23.0 Å². The molecule has 0 N–H and O–H groups in total. The molecule has 27 heavy (non-hydrogen) atoms. The summed E-state index contributed by atoms with van der Waals surface area (Å²) in [6, 6.07) is 30.1. The third-order valence-corrected chi connectivity index (χ3v) is 5.88. The molecule has 0 aliphatic carbocycles. The zero-order chi connectivity index (χ0) is 18.2. The van der Waals surface area contributed by atoms with Crippen LogP contribution in [0, 0.1) is 0 Å². The Balaban J connectivity index is 1.72. The molecule has 0 saturated heterocycles. The van der Waals surface area contributed by atoms with E-state index in [1.165, 1.54) is 22.4 Å². The predicted octanol–water partition coefficient (Wildman–Crippen LogP) is 5.07. The van der Waals surface area contributed by atoms with E-state index in [2.05, 4.69) is 106 Å². The van der Waals surface area contributed by atoms with Gasteiger partial charge in [-0.1, -0.05) is 72.8 Å². The summed E-state index contributed by atoms with van der Waals surface area (Å²) < 4.78 is 4.57. The van der Waals surface area contributed by atoms with Crippen LogP contribution in [0.5, 0.6) is 0 Å². The number of para-hydroxylation sites is 1. The van der Waals surface area contributed by atoms with Crippen molar-refractivity contribution < 1.29 is 4.58 Å². The average molecular weight is 371 g/mol. The van der Waals surface area contributed by atoms with E-state index in [1.54, 1.807) is 11.9 Å². The molecule has 0 amide bonds. The first kappa shape index (κ1) is 16.3. The Hall–Kier alpha value is -2.85. The van der Waals surface area contributed by atoms with Gasteiger partial charge in [-0.15, -0.1) is 4.99 Å². The van der Waals surface area contributed by atoms with E-state index < -0.39 is 0 Å². The molecule has 2 heterocycles. The topological polar surface area (TPSA) is 18.6 Å². The lowest BCUT2D eigenvalue weighted by molar-refractivity contribution is -0.449. The summed E-state index contributed by atoms with van der Waals surface area (Å²) >= 11 is 1.71. The van der Waals surface area contributed by atoms with Gasteiger partial charge in [0.1, 0.15) is 11.7 Å². The van der Waals surface area contributed by atoms with Crippen LogP contribution in [0.1, 0.15) is 28.8 Å². The van der Waals surface area contributed by atoms with Crippen molar-refractivity contribution in [2.45, 2.75) is 12.1 Å². The molecule has 3 nitrogen and oxygen atoms in total. The van der Waals surface area contributed by atoms with Gasteiger partial charge in [-0.2, -0.15) is 0 Å². The van der Waals surface area contributed by atoms with Crippen LogP contribution in [0.2, 0.25) is 0 Å². The quantitative estimate of drug-likeness (QED) is 0.473. The molecule has 132 valence electrons. The van der Waals surface area contributed by atoms with Crippen molar-refractivity contribution in [3.8, 4) is 0 Å². The second-order valence-electron chi connectivity index (χ2n) is 6.71. The molecule has 0 unspecified atom stereocenters. The molecule has 3 aromatic rings. The summed E-state index contributed by atoms with van der Waals surface area (Å²) in [7, 11) is 0. The number of benzene rings is 3. The highest BCUT2D eigenvalue weighted by Crippen LogP contribution is 2.43. The van der Waals surface area contributed by atoms with Crippen LogP contribution in [-0.2, 0) is 0 Å². The molecular formula is C23H20N3S+. The standard InChI is InChI=1S/C23H20N3S/c1-27-26-16-25-22(18-12-6-3-7-13-18)21(17-10-4-2-5-11-17)24-23(25)19-14-8-9-15-20(19)26/h2-16,21-22H,1H3/q+1/t21-,22-/m1/s1. The van der Waals surface area contributed by atoms with Gasteiger partial charge >= 0.3 is 0 Å². The van der Waals surface area contributed by atoms with Crippen LogP contribution >= 0.6 is 11.9 Å². The Kier molecular flexibility index (Phi) is 4.06. The van der Waals surface area contributed by atoms with Gasteiger partial charge in [0.15, 0.2) is 6.04 Å². The molecule has 5 rings (SSSR count). The van der Waals surface area contributed by atoms with Crippen molar-refractivity contribution in [3.63, 3.8) is 0 Å². The summed E-state index contributed by atoms with van der Waals surface area (Å²) in [5.74, 6) is 1.05. The van der Waals surface area contributed by atoms with E-state index in [9.17, 15) is 0 Å². The molecule has 2 aliphatic heterocycles. The fourth-order valence-electron chi connectivity index (χ4n) is 3.96. The van der Waals surface area contributed by atoms with Gasteiger partial charge in [0.05, 0.1) is 5.56 Å². The Labute approximate surface area is 163 Å². The van der Waals surface area contributed by atoms with Gasteiger partial charge in [0.25, 0.3) is 5.84 Å². The number of amidine groups is 1. The maximum absolute atomic E-state index is 5.22. The van der Waals surface area contributed by atoms with E-state index in [0.29, 0.717) is 0 Å². The van der Waals surface area contributed by atoms with Crippen molar-refractivity contribution in [3.05, 3.63) is 102 Å². The fraction of sp³-hybridized carbons (Fsp3) is 0.130. The van der Waals surface area contributed by atoms with Gasteiger partial charge in [-0.25, -0.2) is 8.88 Å². The predicted molar refractivity (Wildman–Crippen MR) is 114 cm³/mol. The van der Waals surface area contributed by atoms with Crippen molar-refractivity contribution in [1.82, 2.24) is 0 Å². The summed E-state index contributed by atoms with van der Waals surface area (Å²) in [6.07, 6.45) is 4.31. The SMILES string of the molecule is CSN1C=[N+]2C(=N[C@H](c3ccccc3)[C@H]2c2ccccc2)c2ccccc21. The third kappa shape index (κ3) is 2.68. The molecule has 0 bridgehead atoms. The van der Waals surface area contributed by atoms with E-state index in [-0.39, 0.29) is 12.1 Å². The first-order chi connectivity index (χ1) is 13.4. The molecule has 0 radical (unpaired) electrons. The minimum absolute atomic E-state index is 0.0645. The Morgan fingerprint density at radius 1 is 0.815 bits per heavy atom. The van der Waals surface area contributed by atoms with E-state index >= 15 is 0 Å². The smallest absolute Gasteiger partial charge is 0.224 e. The summed E-state index contributed by atoms with van der Waals surface area (Å²) in [4.78, 5) is 5.22. The summed E-state index contributed by atoms with van der Waals surface area (Å²) in [5, 5.41) is 0. The minimum Gasteiger partial charge on any atom is -0.224 e. The largest absolute Gasteiger partial charge is 0.269 e. The van der Waals surface area contributed by atoms with Crippen molar-refractivity contribution in [2.24, 2.45) is 4.99 Å². The van der Waals surface area contributed by atoms with Gasteiger partial charge in [-0.3, -0.25) is 0 Å². The van der Waals surface area contributed by atoms with Gasteiger partial charge in [0, 0.05) is 18.2 Å². The Morgan fingerprint density at radius 2 is 1.44 bits per heavy atom. The van der Waals surface area contributed by atoms with E-state index in [1.807, 2.05) is 0 Å². The molecule has 0 aromatic heterocycles. The zero-order valence-electron chi connectivity index (χ0n) is 15.1. The van der Waals surface area contributed by atoms with Crippen LogP contribution in [0.3, 0.4) is 0 Å². The molecule has 2 atom stereocenters. The fourth-order valence-corrected chi connectivity index (χ4v) is 4.52. The lowest BCUT2D eigenvalue weighted by Crippen LogP contribution is -2.34. The number of fused-ring (bicyclic) bond motifs is 3. The van der Waals surface area contributed by atoms with Crippen molar-refractivity contribution >= 4 is 29.8 Å². The van der Waals surface area contributed by atoms with Crippen LogP contribution in [0.4, 0.5) is 5.69 Å². The number of rotatable bonds is 3. The second kappa shape index (κ2) is 6.71. The number of nitrogens with zero attached hydrogens (tertiary/aromatic N) is 3. The number of hydrogen-bond acceptors (Lipinski definition) is 3. The molecule has 4 heteroatoms. The van der Waals surface area contributed by atoms with E-state index in [4.69, 9.17) is 4.99 Å². The Bertz CT molecular complexity index is 1030. The molecule has 0 saturated carbocycles. The van der Waals surface area contributed by atoms with Crippen LogP contribution in [0.25, 0.3) is 0 Å². The average Bonchev–Trinajstić information content (AvgIpc) is 3.14. The highest BCUT2D eigenvalue weighted by atomic mass is 32.2. The second-order valence-corrected chi connectivity index (χ2v) is 7.47. The lowest BCUT2D eigenvalue weighted by atomic mass is 9.94. The molecular weight excluding hydrogens is 350 g/mol. The monoisotopic (exact) mass is 370 g/mol. The summed E-state index contributed by atoms with van der Waals surface area (Å²) in [5.41, 5.74) is 4.91. The molecule has 0 fully saturated rings. The van der Waals surface area contributed by atoms with Crippen LogP contribution < -0.4 is 4.31 Å². The molecule has 2 aliphatic rings. The third-order valence-electron chi connectivity index (χ3n) is 5.20. The summed E-state index contributed by atoms with van der Waals surface area (Å²) in [6.45, 7) is 0. The maximum atomic E-state index is 5.22. The highest BCUT2D eigenvalue weighted by Gasteiger charge is 2.45. The zero-order valence-corrected chi connectivity index (χ0v) is 15.9. The van der Waals surface area contributed by atoms with Gasteiger partial charge < -0.3 is 0 Å².